The van der Waals surface area contributed by atoms with Gasteiger partial charge >= 0.3 is 0 Å². The summed E-state index contributed by atoms with van der Waals surface area (Å²) in [4.78, 5) is 23.4. The Bertz CT molecular complexity index is 883. The van der Waals surface area contributed by atoms with Crippen LogP contribution in [0.3, 0.4) is 0 Å². The van der Waals surface area contributed by atoms with E-state index < -0.39 is 5.91 Å². The molecule has 0 aliphatic heterocycles. The fourth-order valence-corrected chi connectivity index (χ4v) is 2.18. The number of nitrogens with one attached hydrogen (secondary N) is 2. The van der Waals surface area contributed by atoms with Crippen LogP contribution in [0.5, 0.6) is 0 Å². The fraction of sp³-hybridized carbons (Fsp3) is 0.0556. The molecule has 0 bridgehead atoms. The van der Waals surface area contributed by atoms with E-state index in [2.05, 4.69) is 10.6 Å². The molecular weight excluding hydrogens is 340 g/mol. The van der Waals surface area contributed by atoms with Crippen LogP contribution >= 0.6 is 11.6 Å². The molecule has 0 fully saturated rings. The third kappa shape index (κ3) is 4.83. The van der Waals surface area contributed by atoms with E-state index in [1.54, 1.807) is 42.5 Å². The van der Waals surface area contributed by atoms with Crippen molar-refractivity contribution in [2.45, 2.75) is 6.92 Å². The van der Waals surface area contributed by atoms with Gasteiger partial charge in [-0.25, -0.2) is 0 Å². The molecule has 2 rings (SSSR count). The average molecular weight is 355 g/mol. The summed E-state index contributed by atoms with van der Waals surface area (Å²) in [6, 6.07) is 13.0. The number of hydrogen-bond donors (Lipinski definition) is 3. The molecule has 2 aromatic rings. The minimum atomic E-state index is -0.586. The molecule has 0 aliphatic rings. The third-order valence-electron chi connectivity index (χ3n) is 3.28. The monoisotopic (exact) mass is 354 g/mol. The first-order valence-corrected chi connectivity index (χ1v) is 7.62. The molecular formula is C18H15ClN4O2. The van der Waals surface area contributed by atoms with Crippen LogP contribution in [-0.4, -0.2) is 11.7 Å². The molecule has 1 amide bonds. The maximum absolute atomic E-state index is 12.2. The van der Waals surface area contributed by atoms with Crippen LogP contribution in [0.2, 0.25) is 5.02 Å². The standard InChI is InChI=1S/C18H15ClN4O2/c1-11(24)12-2-5-15(6-3-12)23-18(25)13(9-20)10-22-17-7-4-14(21)8-16(17)19/h2-8,10,22H,21H2,1H3,(H,23,25)/b13-10-. The van der Waals surface area contributed by atoms with Crippen LogP contribution in [-0.2, 0) is 4.79 Å². The van der Waals surface area contributed by atoms with E-state index in [1.807, 2.05) is 6.07 Å². The number of nitrogens with two attached hydrogens (primary N) is 1. The maximum Gasteiger partial charge on any atom is 0.267 e. The minimum absolute atomic E-state index is 0.0694. The molecule has 7 heteroatoms. The van der Waals surface area contributed by atoms with Gasteiger partial charge < -0.3 is 16.4 Å². The van der Waals surface area contributed by atoms with Gasteiger partial charge in [0.25, 0.3) is 5.91 Å². The number of amides is 1. The SMILES string of the molecule is CC(=O)c1ccc(NC(=O)/C(C#N)=C\Nc2ccc(N)cc2Cl)cc1. The number of rotatable bonds is 5. The van der Waals surface area contributed by atoms with Crippen molar-refractivity contribution >= 4 is 40.4 Å². The number of hydrogen-bond acceptors (Lipinski definition) is 5. The van der Waals surface area contributed by atoms with Crippen LogP contribution < -0.4 is 16.4 Å². The zero-order valence-corrected chi connectivity index (χ0v) is 14.1. The molecule has 0 radical (unpaired) electrons. The van der Waals surface area contributed by atoms with Crippen molar-refractivity contribution in [2.75, 3.05) is 16.4 Å². The zero-order valence-electron chi connectivity index (χ0n) is 13.3. The van der Waals surface area contributed by atoms with Crippen molar-refractivity contribution < 1.29 is 9.59 Å². The van der Waals surface area contributed by atoms with Gasteiger partial charge in [-0.2, -0.15) is 5.26 Å². The minimum Gasteiger partial charge on any atom is -0.399 e. The normalized spacial score (nSPS) is 10.7. The molecule has 0 aliphatic carbocycles. The van der Waals surface area contributed by atoms with Gasteiger partial charge in [0.2, 0.25) is 0 Å². The summed E-state index contributed by atoms with van der Waals surface area (Å²) >= 11 is 6.02. The Morgan fingerprint density at radius 1 is 1.20 bits per heavy atom. The largest absolute Gasteiger partial charge is 0.399 e. The highest BCUT2D eigenvalue weighted by Crippen LogP contribution is 2.24. The van der Waals surface area contributed by atoms with Crippen molar-refractivity contribution in [3.05, 3.63) is 64.8 Å². The first-order chi connectivity index (χ1) is 11.9. The lowest BCUT2D eigenvalue weighted by Crippen LogP contribution is -2.14. The maximum atomic E-state index is 12.2. The lowest BCUT2D eigenvalue weighted by Gasteiger charge is -2.07. The highest BCUT2D eigenvalue weighted by molar-refractivity contribution is 6.33. The number of nitrogen functional groups attached to an aromatic ring is 1. The van der Waals surface area contributed by atoms with Crippen molar-refractivity contribution in [1.29, 1.82) is 5.26 Å². The Morgan fingerprint density at radius 3 is 2.44 bits per heavy atom. The second-order valence-corrected chi connectivity index (χ2v) is 5.55. The van der Waals surface area contributed by atoms with Gasteiger partial charge in [-0.1, -0.05) is 11.6 Å². The Morgan fingerprint density at radius 2 is 1.88 bits per heavy atom. The van der Waals surface area contributed by atoms with Crippen molar-refractivity contribution in [1.82, 2.24) is 0 Å². The molecule has 6 nitrogen and oxygen atoms in total. The first kappa shape index (κ1) is 18.0. The lowest BCUT2D eigenvalue weighted by molar-refractivity contribution is -0.112. The molecule has 0 unspecified atom stereocenters. The van der Waals surface area contributed by atoms with E-state index in [1.165, 1.54) is 13.1 Å². The number of nitrogens with zero attached hydrogens (tertiary/aromatic N) is 1. The van der Waals surface area contributed by atoms with Gasteiger partial charge in [0.05, 0.1) is 10.7 Å². The van der Waals surface area contributed by atoms with Gasteiger partial charge in [0.1, 0.15) is 11.6 Å². The quantitative estimate of drug-likeness (QED) is 0.329. The number of Topliss-reactive ketones (excluding diaryl/α,β-unsaturated/α-hetero) is 1. The Kier molecular flexibility index (Phi) is 5.77. The van der Waals surface area contributed by atoms with E-state index >= 15 is 0 Å². The van der Waals surface area contributed by atoms with Gasteiger partial charge in [0, 0.05) is 23.1 Å². The van der Waals surface area contributed by atoms with Gasteiger partial charge in [-0.15, -0.1) is 0 Å². The zero-order chi connectivity index (χ0) is 18.4. The summed E-state index contributed by atoms with van der Waals surface area (Å²) in [6.07, 6.45) is 1.26. The molecule has 126 valence electrons. The van der Waals surface area contributed by atoms with Crippen LogP contribution in [0.15, 0.2) is 54.2 Å². The summed E-state index contributed by atoms with van der Waals surface area (Å²) in [5, 5.41) is 14.9. The summed E-state index contributed by atoms with van der Waals surface area (Å²) in [7, 11) is 0. The molecule has 0 heterocycles. The summed E-state index contributed by atoms with van der Waals surface area (Å²) in [6.45, 7) is 1.46. The molecule has 25 heavy (non-hydrogen) atoms. The van der Waals surface area contributed by atoms with Crippen LogP contribution in [0.1, 0.15) is 17.3 Å². The second kappa shape index (κ2) is 7.99. The summed E-state index contributed by atoms with van der Waals surface area (Å²) in [5.41, 5.74) is 7.50. The van der Waals surface area contributed by atoms with Gasteiger partial charge in [-0.3, -0.25) is 9.59 Å². The second-order valence-electron chi connectivity index (χ2n) is 5.14. The number of halogens is 1. The third-order valence-corrected chi connectivity index (χ3v) is 3.59. The lowest BCUT2D eigenvalue weighted by atomic mass is 10.1. The molecule has 0 aromatic heterocycles. The van der Waals surface area contributed by atoms with E-state index in [-0.39, 0.29) is 11.4 Å². The van der Waals surface area contributed by atoms with E-state index in [0.717, 1.165) is 0 Å². The number of nitriles is 1. The van der Waals surface area contributed by atoms with Crippen molar-refractivity contribution in [2.24, 2.45) is 0 Å². The Hall–Kier alpha value is -3.30. The predicted molar refractivity (Wildman–Crippen MR) is 98.3 cm³/mol. The van der Waals surface area contributed by atoms with Gasteiger partial charge in [0.15, 0.2) is 5.78 Å². The van der Waals surface area contributed by atoms with Crippen LogP contribution in [0.4, 0.5) is 17.1 Å². The smallest absolute Gasteiger partial charge is 0.267 e. The number of carbonyl (C=O) groups excluding carboxylic acids is 2. The first-order valence-electron chi connectivity index (χ1n) is 7.25. The topological polar surface area (TPSA) is 108 Å². The molecule has 0 saturated carbocycles. The van der Waals surface area contributed by atoms with Gasteiger partial charge in [-0.05, 0) is 49.4 Å². The molecule has 4 N–H and O–H groups in total. The molecule has 0 spiro atoms. The number of ketones is 1. The number of anilines is 3. The summed E-state index contributed by atoms with van der Waals surface area (Å²) in [5.74, 6) is -0.655. The Balaban J connectivity index is 2.09. The molecule has 2 aromatic carbocycles. The number of carbonyl (C=O) groups is 2. The Labute approximate surface area is 149 Å². The highest BCUT2D eigenvalue weighted by Gasteiger charge is 2.10. The predicted octanol–water partition coefficient (Wildman–Crippen LogP) is 3.58. The highest BCUT2D eigenvalue weighted by atomic mass is 35.5. The fourth-order valence-electron chi connectivity index (χ4n) is 1.93. The van der Waals surface area contributed by atoms with Crippen molar-refractivity contribution in [3.63, 3.8) is 0 Å². The van der Waals surface area contributed by atoms with E-state index in [4.69, 9.17) is 22.6 Å². The average Bonchev–Trinajstić information content (AvgIpc) is 2.57. The molecule has 0 saturated heterocycles. The molecule has 0 atom stereocenters. The van der Waals surface area contributed by atoms with Crippen LogP contribution in [0.25, 0.3) is 0 Å². The van der Waals surface area contributed by atoms with E-state index in [9.17, 15) is 9.59 Å². The number of benzene rings is 2. The summed E-state index contributed by atoms with van der Waals surface area (Å²) < 4.78 is 0. The van der Waals surface area contributed by atoms with Crippen LogP contribution in [0, 0.1) is 11.3 Å². The van der Waals surface area contributed by atoms with E-state index in [0.29, 0.717) is 27.6 Å². The van der Waals surface area contributed by atoms with Crippen molar-refractivity contribution in [3.8, 4) is 6.07 Å².